The van der Waals surface area contributed by atoms with E-state index in [9.17, 15) is 13.2 Å². The molecule has 1 aliphatic carbocycles. The first-order valence-corrected chi connectivity index (χ1v) is 10.9. The largest absolute Gasteiger partial charge is 0.352 e. The lowest BCUT2D eigenvalue weighted by Crippen LogP contribution is -2.28. The summed E-state index contributed by atoms with van der Waals surface area (Å²) in [4.78, 5) is 12.5. The highest BCUT2D eigenvalue weighted by Gasteiger charge is 2.27. The van der Waals surface area contributed by atoms with Gasteiger partial charge in [-0.3, -0.25) is 4.79 Å². The number of benzene rings is 1. The van der Waals surface area contributed by atoms with Gasteiger partial charge in [-0.1, -0.05) is 25.7 Å². The van der Waals surface area contributed by atoms with Crippen LogP contribution < -0.4 is 5.32 Å². The minimum atomic E-state index is -3.41. The number of amides is 1. The summed E-state index contributed by atoms with van der Waals surface area (Å²) in [5.74, 6) is 0.712. The van der Waals surface area contributed by atoms with Crippen molar-refractivity contribution in [2.75, 3.05) is 19.6 Å². The standard InChI is InChI=1S/C19H28N2O3S/c22-19(20-13-5-8-16-6-1-2-7-16)17-9-11-18(12-10-17)25(23,24)21-14-3-4-15-21/h9-12,16H,1-8,13-15H2,(H,20,22). The van der Waals surface area contributed by atoms with Gasteiger partial charge in [-0.25, -0.2) is 8.42 Å². The van der Waals surface area contributed by atoms with Crippen LogP contribution in [0.4, 0.5) is 0 Å². The molecule has 1 N–H and O–H groups in total. The maximum Gasteiger partial charge on any atom is 0.251 e. The molecule has 1 amide bonds. The van der Waals surface area contributed by atoms with Crippen LogP contribution in [-0.4, -0.2) is 38.3 Å². The van der Waals surface area contributed by atoms with E-state index in [4.69, 9.17) is 0 Å². The van der Waals surface area contributed by atoms with Crippen LogP contribution in [0.2, 0.25) is 0 Å². The number of nitrogens with zero attached hydrogens (tertiary/aromatic N) is 1. The van der Waals surface area contributed by atoms with Crippen molar-refractivity contribution in [3.63, 3.8) is 0 Å². The third-order valence-corrected chi connectivity index (χ3v) is 7.28. The van der Waals surface area contributed by atoms with E-state index in [-0.39, 0.29) is 10.8 Å². The fourth-order valence-electron chi connectivity index (χ4n) is 3.85. The second kappa shape index (κ2) is 8.32. The number of hydrogen-bond donors (Lipinski definition) is 1. The van der Waals surface area contributed by atoms with Crippen LogP contribution in [0.3, 0.4) is 0 Å². The van der Waals surface area contributed by atoms with Gasteiger partial charge in [0.1, 0.15) is 0 Å². The second-order valence-electron chi connectivity index (χ2n) is 7.18. The fourth-order valence-corrected chi connectivity index (χ4v) is 5.37. The van der Waals surface area contributed by atoms with Crippen molar-refractivity contribution in [3.8, 4) is 0 Å². The molecule has 3 rings (SSSR count). The molecule has 1 aliphatic heterocycles. The van der Waals surface area contributed by atoms with E-state index in [2.05, 4.69) is 5.32 Å². The molecular weight excluding hydrogens is 336 g/mol. The van der Waals surface area contributed by atoms with Gasteiger partial charge in [0.05, 0.1) is 4.90 Å². The summed E-state index contributed by atoms with van der Waals surface area (Å²) in [5.41, 5.74) is 0.515. The first kappa shape index (κ1) is 18.4. The topological polar surface area (TPSA) is 66.5 Å². The highest BCUT2D eigenvalue weighted by Crippen LogP contribution is 2.28. The maximum absolute atomic E-state index is 12.5. The zero-order valence-corrected chi connectivity index (χ0v) is 15.6. The van der Waals surface area contributed by atoms with E-state index >= 15 is 0 Å². The number of sulfonamides is 1. The molecule has 0 spiro atoms. The molecule has 1 saturated heterocycles. The van der Waals surface area contributed by atoms with E-state index in [1.807, 2.05) is 0 Å². The third kappa shape index (κ3) is 4.61. The van der Waals surface area contributed by atoms with E-state index in [1.54, 1.807) is 24.3 Å². The Labute approximate surface area is 150 Å². The average Bonchev–Trinajstić information content (AvgIpc) is 3.32. The molecule has 0 unspecified atom stereocenters. The van der Waals surface area contributed by atoms with Crippen LogP contribution in [0.5, 0.6) is 0 Å². The van der Waals surface area contributed by atoms with Crippen LogP contribution in [0.1, 0.15) is 61.7 Å². The first-order valence-electron chi connectivity index (χ1n) is 9.46. The van der Waals surface area contributed by atoms with Crippen molar-refractivity contribution in [2.45, 2.75) is 56.3 Å². The molecule has 1 saturated carbocycles. The predicted molar refractivity (Wildman–Crippen MR) is 98.0 cm³/mol. The van der Waals surface area contributed by atoms with Crippen LogP contribution in [0.15, 0.2) is 29.2 Å². The summed E-state index contributed by atoms with van der Waals surface area (Å²) >= 11 is 0. The SMILES string of the molecule is O=C(NCCCC1CCCC1)c1ccc(S(=O)(=O)N2CCCC2)cc1. The molecule has 1 aromatic carbocycles. The quantitative estimate of drug-likeness (QED) is 0.756. The normalized spacial score (nSPS) is 19.4. The van der Waals surface area contributed by atoms with E-state index < -0.39 is 10.0 Å². The van der Waals surface area contributed by atoms with Gasteiger partial charge < -0.3 is 5.32 Å². The van der Waals surface area contributed by atoms with Crippen LogP contribution in [-0.2, 0) is 10.0 Å². The van der Waals surface area contributed by atoms with Gasteiger partial charge in [0.15, 0.2) is 0 Å². The van der Waals surface area contributed by atoms with Crippen molar-refractivity contribution in [1.29, 1.82) is 0 Å². The molecule has 0 bridgehead atoms. The average molecular weight is 365 g/mol. The molecule has 1 heterocycles. The lowest BCUT2D eigenvalue weighted by Gasteiger charge is -2.15. The summed E-state index contributed by atoms with van der Waals surface area (Å²) in [6.07, 6.45) is 9.40. The number of carbonyl (C=O) groups is 1. The molecule has 6 heteroatoms. The Morgan fingerprint density at radius 3 is 2.32 bits per heavy atom. The second-order valence-corrected chi connectivity index (χ2v) is 9.12. The lowest BCUT2D eigenvalue weighted by atomic mass is 10.0. The zero-order chi connectivity index (χ0) is 17.7. The lowest BCUT2D eigenvalue weighted by molar-refractivity contribution is 0.0952. The van der Waals surface area contributed by atoms with Gasteiger partial charge in [0, 0.05) is 25.2 Å². The zero-order valence-electron chi connectivity index (χ0n) is 14.7. The number of hydrogen-bond acceptors (Lipinski definition) is 3. The molecule has 2 aliphatic rings. The molecule has 0 aromatic heterocycles. The Kier molecular flexibility index (Phi) is 6.12. The Morgan fingerprint density at radius 2 is 1.68 bits per heavy atom. The summed E-state index contributed by atoms with van der Waals surface area (Å²) in [6.45, 7) is 1.86. The summed E-state index contributed by atoms with van der Waals surface area (Å²) < 4.78 is 26.5. The fraction of sp³-hybridized carbons (Fsp3) is 0.632. The van der Waals surface area contributed by atoms with Gasteiger partial charge >= 0.3 is 0 Å². The molecule has 138 valence electrons. The summed E-state index contributed by atoms with van der Waals surface area (Å²) in [7, 11) is -3.41. The van der Waals surface area contributed by atoms with Crippen molar-refractivity contribution < 1.29 is 13.2 Å². The van der Waals surface area contributed by atoms with Crippen molar-refractivity contribution in [2.24, 2.45) is 5.92 Å². The van der Waals surface area contributed by atoms with E-state index in [0.717, 1.165) is 25.2 Å². The van der Waals surface area contributed by atoms with Crippen LogP contribution in [0, 0.1) is 5.92 Å². The minimum absolute atomic E-state index is 0.128. The molecule has 25 heavy (non-hydrogen) atoms. The predicted octanol–water partition coefficient (Wildman–Crippen LogP) is 3.17. The van der Waals surface area contributed by atoms with Gasteiger partial charge in [0.2, 0.25) is 10.0 Å². The Hall–Kier alpha value is -1.40. The van der Waals surface area contributed by atoms with E-state index in [1.165, 1.54) is 36.4 Å². The Balaban J connectivity index is 1.50. The van der Waals surface area contributed by atoms with Crippen LogP contribution in [0.25, 0.3) is 0 Å². The van der Waals surface area contributed by atoms with E-state index in [0.29, 0.717) is 25.2 Å². The molecule has 1 aromatic rings. The van der Waals surface area contributed by atoms with Gasteiger partial charge in [0.25, 0.3) is 5.91 Å². The minimum Gasteiger partial charge on any atom is -0.352 e. The Bertz CT molecular complexity index is 673. The molecule has 0 radical (unpaired) electrons. The highest BCUT2D eigenvalue weighted by molar-refractivity contribution is 7.89. The Morgan fingerprint density at radius 1 is 1.04 bits per heavy atom. The number of rotatable bonds is 7. The highest BCUT2D eigenvalue weighted by atomic mass is 32.2. The van der Waals surface area contributed by atoms with Gasteiger partial charge in [-0.2, -0.15) is 4.31 Å². The number of nitrogens with one attached hydrogen (secondary N) is 1. The summed E-state index contributed by atoms with van der Waals surface area (Å²) in [6, 6.07) is 6.30. The maximum atomic E-state index is 12.5. The monoisotopic (exact) mass is 364 g/mol. The van der Waals surface area contributed by atoms with Gasteiger partial charge in [-0.05, 0) is 55.9 Å². The third-order valence-electron chi connectivity index (χ3n) is 5.37. The van der Waals surface area contributed by atoms with Crippen molar-refractivity contribution >= 4 is 15.9 Å². The smallest absolute Gasteiger partial charge is 0.251 e. The number of carbonyl (C=O) groups excluding carboxylic acids is 1. The van der Waals surface area contributed by atoms with Crippen molar-refractivity contribution in [3.05, 3.63) is 29.8 Å². The molecule has 0 atom stereocenters. The van der Waals surface area contributed by atoms with Crippen LogP contribution >= 0.6 is 0 Å². The van der Waals surface area contributed by atoms with Gasteiger partial charge in [-0.15, -0.1) is 0 Å². The first-order chi connectivity index (χ1) is 12.1. The molecule has 2 fully saturated rings. The summed E-state index contributed by atoms with van der Waals surface area (Å²) in [5, 5.41) is 2.94. The molecular formula is C19H28N2O3S. The molecule has 5 nitrogen and oxygen atoms in total. The van der Waals surface area contributed by atoms with Crippen molar-refractivity contribution in [1.82, 2.24) is 9.62 Å².